The van der Waals surface area contributed by atoms with Gasteiger partial charge in [0.1, 0.15) is 11.7 Å². The zero-order valence-electron chi connectivity index (χ0n) is 31.8. The molecule has 2 aliphatic rings. The molecule has 0 bridgehead atoms. The van der Waals surface area contributed by atoms with Gasteiger partial charge in [-0.3, -0.25) is 9.59 Å². The largest absolute Gasteiger partial charge is 0.469 e. The second-order valence-electron chi connectivity index (χ2n) is 14.3. The molecule has 4 rings (SSSR count). The van der Waals surface area contributed by atoms with Gasteiger partial charge < -0.3 is 32.8 Å². The maximum absolute atomic E-state index is 14.3. The number of carbonyl (C=O) groups is 5. The predicted molar refractivity (Wildman–Crippen MR) is 193 cm³/mol. The van der Waals surface area contributed by atoms with Gasteiger partial charge in [-0.25, -0.2) is 19.4 Å². The topological polar surface area (TPSA) is 156 Å². The van der Waals surface area contributed by atoms with Crippen molar-refractivity contribution in [2.75, 3.05) is 35.0 Å². The first-order valence-electron chi connectivity index (χ1n) is 17.2. The van der Waals surface area contributed by atoms with Crippen LogP contribution in [0.25, 0.3) is 0 Å². The SMILES string of the molecule is COC(=O)C[C@@]1(C(=O)OC)C(C(=O)OC)=C(C(=O)OC)N2C(=O)CC([C@H](OCc3ccccc3)[C@@H](COCc3ccccc3)O[Si](C)(C)C(C)(C)C)N21. The summed E-state index contributed by atoms with van der Waals surface area (Å²) in [5, 5.41) is 1.83. The zero-order chi connectivity index (χ0) is 39.1. The van der Waals surface area contributed by atoms with Gasteiger partial charge in [-0.15, -0.1) is 0 Å². The summed E-state index contributed by atoms with van der Waals surface area (Å²) in [6.07, 6.45) is -3.12. The van der Waals surface area contributed by atoms with Crippen molar-refractivity contribution >= 4 is 38.1 Å². The van der Waals surface area contributed by atoms with E-state index >= 15 is 0 Å². The van der Waals surface area contributed by atoms with E-state index in [-0.39, 0.29) is 31.3 Å². The van der Waals surface area contributed by atoms with E-state index in [1.807, 2.05) is 60.7 Å². The van der Waals surface area contributed by atoms with Gasteiger partial charge >= 0.3 is 23.9 Å². The number of hydrogen-bond donors (Lipinski definition) is 0. The van der Waals surface area contributed by atoms with Crippen molar-refractivity contribution < 1.29 is 56.8 Å². The first-order valence-corrected chi connectivity index (χ1v) is 20.1. The molecule has 0 radical (unpaired) electrons. The van der Waals surface area contributed by atoms with Crippen LogP contribution in [0.5, 0.6) is 0 Å². The number of amides is 1. The molecule has 1 saturated heterocycles. The van der Waals surface area contributed by atoms with Gasteiger partial charge in [0.2, 0.25) is 5.91 Å². The molecular formula is C38H50N2O12Si. The molecule has 15 heteroatoms. The summed E-state index contributed by atoms with van der Waals surface area (Å²) in [5.41, 5.74) is -1.93. The van der Waals surface area contributed by atoms with Gasteiger partial charge in [-0.1, -0.05) is 81.4 Å². The van der Waals surface area contributed by atoms with Crippen LogP contribution in [0.3, 0.4) is 0 Å². The minimum atomic E-state index is -2.64. The molecule has 14 nitrogen and oxygen atoms in total. The highest BCUT2D eigenvalue weighted by Gasteiger charge is 2.69. The van der Waals surface area contributed by atoms with Crippen LogP contribution in [0.15, 0.2) is 71.9 Å². The van der Waals surface area contributed by atoms with E-state index in [0.29, 0.717) is 0 Å². The first-order chi connectivity index (χ1) is 25.1. The van der Waals surface area contributed by atoms with E-state index in [0.717, 1.165) is 44.6 Å². The Hall–Kier alpha value is -4.41. The average molecular weight is 755 g/mol. The summed E-state index contributed by atoms with van der Waals surface area (Å²) < 4.78 is 40.5. The van der Waals surface area contributed by atoms with Crippen LogP contribution in [-0.4, -0.2) is 107 Å². The maximum atomic E-state index is 14.3. The van der Waals surface area contributed by atoms with Crippen LogP contribution in [-0.2, 0) is 70.0 Å². The molecule has 2 aromatic carbocycles. The number of hydrogen-bond acceptors (Lipinski definition) is 13. The summed E-state index contributed by atoms with van der Waals surface area (Å²) in [6, 6.07) is 17.7. The van der Waals surface area contributed by atoms with E-state index in [1.165, 1.54) is 5.01 Å². The van der Waals surface area contributed by atoms with E-state index in [9.17, 15) is 24.0 Å². The van der Waals surface area contributed by atoms with Crippen LogP contribution in [0.1, 0.15) is 44.7 Å². The lowest BCUT2D eigenvalue weighted by Gasteiger charge is -2.45. The second kappa shape index (κ2) is 17.2. The van der Waals surface area contributed by atoms with Crippen LogP contribution in [0.2, 0.25) is 18.1 Å². The maximum Gasteiger partial charge on any atom is 0.356 e. The van der Waals surface area contributed by atoms with Crippen molar-refractivity contribution in [2.24, 2.45) is 0 Å². The Morgan fingerprint density at radius 2 is 1.40 bits per heavy atom. The third-order valence-corrected chi connectivity index (χ3v) is 14.5. The van der Waals surface area contributed by atoms with E-state index in [4.69, 9.17) is 32.8 Å². The quantitative estimate of drug-likeness (QED) is 0.137. The number of fused-ring (bicyclic) bond motifs is 1. The molecule has 1 unspecified atom stereocenters. The van der Waals surface area contributed by atoms with Crippen molar-refractivity contribution in [3.63, 3.8) is 0 Å². The molecule has 1 fully saturated rings. The standard InChI is InChI=1S/C38H50N2O12Si/c1-37(2,3)53(8,9)52-28(24-50-22-25-16-12-10-13-17-25)33(51-23-26-18-14-11-15-19-26)27-20-29(41)39-32(35(44)48-6)31(34(43)47-5)38(40(27)39,36(45)49-7)21-30(42)46-4/h10-19,27-28,33H,20-24H2,1-9H3/t27?,28-,33+,38+/m1/s1. The van der Waals surface area contributed by atoms with Gasteiger partial charge in [0.05, 0.1) is 66.8 Å². The average Bonchev–Trinajstić information content (AvgIpc) is 3.63. The van der Waals surface area contributed by atoms with Gasteiger partial charge in [0.25, 0.3) is 0 Å². The number of benzene rings is 2. The second-order valence-corrected chi connectivity index (χ2v) is 19.1. The van der Waals surface area contributed by atoms with Crippen LogP contribution in [0.4, 0.5) is 0 Å². The molecule has 53 heavy (non-hydrogen) atoms. The number of hydrazine groups is 1. The monoisotopic (exact) mass is 754 g/mol. The Balaban J connectivity index is 1.97. The Labute approximate surface area is 311 Å². The normalized spacial score (nSPS) is 20.1. The highest BCUT2D eigenvalue weighted by Crippen LogP contribution is 2.50. The fourth-order valence-electron chi connectivity index (χ4n) is 6.37. The molecule has 0 aliphatic carbocycles. The van der Waals surface area contributed by atoms with Crippen molar-refractivity contribution in [1.82, 2.24) is 10.0 Å². The number of ether oxygens (including phenoxy) is 6. The van der Waals surface area contributed by atoms with Gasteiger partial charge in [0.15, 0.2) is 19.6 Å². The molecular weight excluding hydrogens is 705 g/mol. The van der Waals surface area contributed by atoms with Gasteiger partial charge in [0, 0.05) is 6.42 Å². The highest BCUT2D eigenvalue weighted by atomic mass is 28.4. The molecule has 0 N–H and O–H groups in total. The molecule has 0 saturated carbocycles. The summed E-state index contributed by atoms with van der Waals surface area (Å²) in [4.78, 5) is 69.0. The van der Waals surface area contributed by atoms with Crippen LogP contribution >= 0.6 is 0 Å². The Morgan fingerprint density at radius 3 is 1.91 bits per heavy atom. The highest BCUT2D eigenvalue weighted by molar-refractivity contribution is 6.74. The van der Waals surface area contributed by atoms with Crippen molar-refractivity contribution in [3.05, 3.63) is 83.1 Å². The third-order valence-electron chi connectivity index (χ3n) is 10.00. The number of rotatable bonds is 16. The lowest BCUT2D eigenvalue weighted by Crippen LogP contribution is -2.64. The number of nitrogens with zero attached hydrogens (tertiary/aromatic N) is 2. The van der Waals surface area contributed by atoms with E-state index in [2.05, 4.69) is 33.9 Å². The Bertz CT molecular complexity index is 1680. The van der Waals surface area contributed by atoms with Crippen molar-refractivity contribution in [2.45, 2.75) is 88.7 Å². The molecule has 2 heterocycles. The molecule has 2 aromatic rings. The van der Waals surface area contributed by atoms with Crippen molar-refractivity contribution in [1.29, 1.82) is 0 Å². The Morgan fingerprint density at radius 1 is 0.830 bits per heavy atom. The fraction of sp³-hybridized carbons (Fsp3) is 0.500. The smallest absolute Gasteiger partial charge is 0.356 e. The first kappa shape index (κ1) is 41.3. The Kier molecular flexibility index (Phi) is 13.4. The molecule has 0 spiro atoms. The van der Waals surface area contributed by atoms with E-state index < -0.39 is 79.6 Å². The molecule has 2 aliphatic heterocycles. The molecule has 288 valence electrons. The summed E-state index contributed by atoms with van der Waals surface area (Å²) in [5.74, 6) is -5.04. The molecule has 1 amide bonds. The number of methoxy groups -OCH3 is 4. The predicted octanol–water partition coefficient (Wildman–Crippen LogP) is 4.09. The van der Waals surface area contributed by atoms with Gasteiger partial charge in [-0.2, -0.15) is 5.01 Å². The molecule has 4 atom stereocenters. The minimum Gasteiger partial charge on any atom is -0.469 e. The summed E-state index contributed by atoms with van der Waals surface area (Å²) in [6.45, 7) is 10.6. The third kappa shape index (κ3) is 8.54. The minimum absolute atomic E-state index is 0.0111. The van der Waals surface area contributed by atoms with Crippen molar-refractivity contribution in [3.8, 4) is 0 Å². The lowest BCUT2D eigenvalue weighted by atomic mass is 9.83. The summed E-state index contributed by atoms with van der Waals surface area (Å²) >= 11 is 0. The molecule has 0 aromatic heterocycles. The lowest BCUT2D eigenvalue weighted by molar-refractivity contribution is -0.181. The van der Waals surface area contributed by atoms with Crippen LogP contribution in [0, 0.1) is 0 Å². The zero-order valence-corrected chi connectivity index (χ0v) is 32.8. The fourth-order valence-corrected chi connectivity index (χ4v) is 7.68. The summed E-state index contributed by atoms with van der Waals surface area (Å²) in [7, 11) is 1.63. The number of esters is 4. The van der Waals surface area contributed by atoms with Gasteiger partial charge in [-0.05, 0) is 29.3 Å². The van der Waals surface area contributed by atoms with E-state index in [1.54, 1.807) is 0 Å². The number of carbonyl (C=O) groups excluding carboxylic acids is 5. The van der Waals surface area contributed by atoms with Crippen LogP contribution < -0.4 is 0 Å².